The van der Waals surface area contributed by atoms with Gasteiger partial charge in [0.05, 0.1) is 16.2 Å². The number of nitrogens with zero attached hydrogens (tertiary/aromatic N) is 4. The van der Waals surface area contributed by atoms with Crippen molar-refractivity contribution in [3.05, 3.63) is 63.4 Å². The summed E-state index contributed by atoms with van der Waals surface area (Å²) in [6.07, 6.45) is -1.83. The minimum atomic E-state index is -4.45. The number of halogens is 5. The van der Waals surface area contributed by atoms with Crippen LogP contribution in [0.4, 0.5) is 23.7 Å². The Bertz CT molecular complexity index is 1570. The molecule has 2 aromatic carbocycles. The molecule has 3 aromatic rings. The van der Waals surface area contributed by atoms with E-state index in [1.165, 1.54) is 16.4 Å². The summed E-state index contributed by atoms with van der Waals surface area (Å²) in [6.45, 7) is 1.02. The van der Waals surface area contributed by atoms with Crippen LogP contribution in [0.2, 0.25) is 10.0 Å². The van der Waals surface area contributed by atoms with E-state index in [-0.39, 0.29) is 47.4 Å². The van der Waals surface area contributed by atoms with Crippen LogP contribution in [0, 0.1) is 0 Å². The number of carbonyl (C=O) groups excluding carboxylic acids is 1. The zero-order valence-electron chi connectivity index (χ0n) is 21.4. The van der Waals surface area contributed by atoms with E-state index in [0.29, 0.717) is 48.3 Å². The van der Waals surface area contributed by atoms with Gasteiger partial charge in [0.2, 0.25) is 10.0 Å². The number of hydrogen-bond donors (Lipinski definition) is 1. The molecule has 218 valence electrons. The van der Waals surface area contributed by atoms with Gasteiger partial charge in [0, 0.05) is 53.0 Å². The summed E-state index contributed by atoms with van der Waals surface area (Å²) in [6, 6.07) is 7.18. The molecular weight excluding hydrogens is 606 g/mol. The number of piperazine rings is 1. The van der Waals surface area contributed by atoms with E-state index in [1.54, 1.807) is 17.0 Å². The molecule has 2 saturated carbocycles. The van der Waals surface area contributed by atoms with Gasteiger partial charge in [-0.15, -0.1) is 0 Å². The number of benzene rings is 2. The maximum atomic E-state index is 12.9. The topological polar surface area (TPSA) is 109 Å². The predicted octanol–water partition coefficient (Wildman–Crippen LogP) is 5.78. The Morgan fingerprint density at radius 2 is 1.63 bits per heavy atom. The minimum absolute atomic E-state index is 0.0705. The number of sulfonamides is 1. The molecule has 9 nitrogen and oxygen atoms in total. The third-order valence-corrected chi connectivity index (χ3v) is 10.7. The van der Waals surface area contributed by atoms with Crippen LogP contribution in [-0.2, 0) is 21.6 Å². The fourth-order valence-electron chi connectivity index (χ4n) is 5.07. The molecule has 1 N–H and O–H groups in total. The zero-order valence-corrected chi connectivity index (χ0v) is 23.7. The number of aromatic nitrogens is 2. The number of hydrogen-bond acceptors (Lipinski definition) is 6. The summed E-state index contributed by atoms with van der Waals surface area (Å²) in [7, 11) is -3.28. The molecule has 6 rings (SSSR count). The first-order valence-corrected chi connectivity index (χ1v) is 15.2. The number of nitrogens with one attached hydrogen (secondary N) is 1. The molecule has 2 aliphatic carbocycles. The largest absolute Gasteiger partial charge is 0.416 e. The first-order chi connectivity index (χ1) is 19.4. The Labute approximate surface area is 243 Å². The second-order valence-electron chi connectivity index (χ2n) is 10.5. The van der Waals surface area contributed by atoms with Crippen LogP contribution in [0.25, 0.3) is 11.5 Å². The van der Waals surface area contributed by atoms with E-state index >= 15 is 0 Å². The summed E-state index contributed by atoms with van der Waals surface area (Å²) < 4.78 is 70.4. The number of rotatable bonds is 6. The smallest absolute Gasteiger partial charge is 0.334 e. The van der Waals surface area contributed by atoms with Crippen LogP contribution in [-0.4, -0.2) is 65.2 Å². The molecule has 0 atom stereocenters. The Balaban J connectivity index is 1.15. The first kappa shape index (κ1) is 28.3. The van der Waals surface area contributed by atoms with Gasteiger partial charge in [-0.2, -0.15) is 22.5 Å². The molecule has 3 fully saturated rings. The van der Waals surface area contributed by atoms with Crippen molar-refractivity contribution in [3.8, 4) is 11.5 Å². The van der Waals surface area contributed by atoms with Crippen LogP contribution in [0.5, 0.6) is 0 Å². The van der Waals surface area contributed by atoms with Crippen molar-refractivity contribution in [2.45, 2.75) is 42.5 Å². The zero-order chi connectivity index (χ0) is 29.2. The maximum absolute atomic E-state index is 12.9. The second kappa shape index (κ2) is 10.1. The normalized spacial score (nSPS) is 19.3. The molecule has 0 spiro atoms. The molecule has 1 aliphatic heterocycles. The van der Waals surface area contributed by atoms with Crippen molar-refractivity contribution in [3.63, 3.8) is 0 Å². The van der Waals surface area contributed by atoms with E-state index in [4.69, 9.17) is 27.7 Å². The molecule has 15 heteroatoms. The highest BCUT2D eigenvalue weighted by atomic mass is 35.5. The monoisotopic (exact) mass is 629 g/mol. The summed E-state index contributed by atoms with van der Waals surface area (Å²) >= 11 is 13.3. The average molecular weight is 630 g/mol. The fraction of sp³-hybridized carbons (Fsp3) is 0.423. The number of amides is 2. The van der Waals surface area contributed by atoms with Crippen molar-refractivity contribution in [1.29, 1.82) is 0 Å². The third kappa shape index (κ3) is 5.40. The van der Waals surface area contributed by atoms with Gasteiger partial charge < -0.3 is 14.7 Å². The van der Waals surface area contributed by atoms with Crippen LogP contribution in [0.15, 0.2) is 40.9 Å². The van der Waals surface area contributed by atoms with Gasteiger partial charge in [0.25, 0.3) is 5.89 Å². The van der Waals surface area contributed by atoms with Crippen molar-refractivity contribution < 1.29 is 30.9 Å². The Morgan fingerprint density at radius 1 is 1.02 bits per heavy atom. The highest BCUT2D eigenvalue weighted by molar-refractivity contribution is 7.90. The molecule has 0 radical (unpaired) electrons. The van der Waals surface area contributed by atoms with Gasteiger partial charge in [-0.3, -0.25) is 0 Å². The molecule has 0 bridgehead atoms. The lowest BCUT2D eigenvalue weighted by atomic mass is 9.94. The third-order valence-electron chi connectivity index (χ3n) is 7.67. The Hall–Kier alpha value is -2.87. The van der Waals surface area contributed by atoms with Gasteiger partial charge in [0.15, 0.2) is 5.82 Å². The van der Waals surface area contributed by atoms with Crippen molar-refractivity contribution in [1.82, 2.24) is 19.3 Å². The van der Waals surface area contributed by atoms with E-state index in [0.717, 1.165) is 12.1 Å². The number of urea groups is 1. The molecule has 1 saturated heterocycles. The van der Waals surface area contributed by atoms with Gasteiger partial charge in [-0.1, -0.05) is 28.4 Å². The highest BCUT2D eigenvalue weighted by Crippen LogP contribution is 2.57. The molecule has 41 heavy (non-hydrogen) atoms. The number of carbonyl (C=O) groups is 1. The maximum Gasteiger partial charge on any atom is 0.416 e. The van der Waals surface area contributed by atoms with E-state index in [1.807, 2.05) is 0 Å². The summed E-state index contributed by atoms with van der Waals surface area (Å²) in [5.74, 6) is 0.383. The van der Waals surface area contributed by atoms with Gasteiger partial charge in [-0.25, -0.2) is 13.2 Å². The average Bonchev–Trinajstić information content (AvgIpc) is 3.86. The Morgan fingerprint density at radius 3 is 2.17 bits per heavy atom. The van der Waals surface area contributed by atoms with E-state index < -0.39 is 33.2 Å². The molecule has 0 unspecified atom stereocenters. The second-order valence-corrected chi connectivity index (χ2v) is 13.5. The first-order valence-electron chi connectivity index (χ1n) is 12.9. The summed E-state index contributed by atoms with van der Waals surface area (Å²) in [4.78, 5) is 18.9. The van der Waals surface area contributed by atoms with Crippen molar-refractivity contribution in [2.75, 3.05) is 31.5 Å². The standard InChI is InChI=1S/C26H24Cl2F3N5O4S/c27-19-13-17(32-24(37)35-9-11-36(12-10-35)41(38,39)18-5-6-18)14-20(28)21(19)25(7-8-25)23-33-22(40-34-23)15-1-3-16(4-2-15)26(29,30)31/h1-4,13-14,18H,5-12H2,(H,32,37). The number of anilines is 1. The van der Waals surface area contributed by atoms with E-state index in [9.17, 15) is 26.4 Å². The molecule has 1 aromatic heterocycles. The van der Waals surface area contributed by atoms with E-state index in [2.05, 4.69) is 15.5 Å². The quantitative estimate of drug-likeness (QED) is 0.370. The lowest BCUT2D eigenvalue weighted by Gasteiger charge is -2.34. The SMILES string of the molecule is O=C(Nc1cc(Cl)c(C2(c3noc(-c4ccc(C(F)(F)F)cc4)n3)CC2)c(Cl)c1)N1CCN(S(=O)(=O)C2CC2)CC1. The molecule has 2 heterocycles. The highest BCUT2D eigenvalue weighted by Gasteiger charge is 2.52. The van der Waals surface area contributed by atoms with Crippen LogP contribution in [0.3, 0.4) is 0 Å². The molecule has 3 aliphatic rings. The van der Waals surface area contributed by atoms with Crippen LogP contribution < -0.4 is 5.32 Å². The minimum Gasteiger partial charge on any atom is -0.334 e. The van der Waals surface area contributed by atoms with Crippen molar-refractivity contribution >= 4 is 44.9 Å². The van der Waals surface area contributed by atoms with Gasteiger partial charge in [-0.05, 0) is 62.1 Å². The summed E-state index contributed by atoms with van der Waals surface area (Å²) in [5, 5.41) is 7.14. The summed E-state index contributed by atoms with van der Waals surface area (Å²) in [5.41, 5.74) is -0.232. The van der Waals surface area contributed by atoms with Gasteiger partial charge >= 0.3 is 12.2 Å². The van der Waals surface area contributed by atoms with Crippen LogP contribution in [0.1, 0.15) is 42.6 Å². The van der Waals surface area contributed by atoms with Crippen LogP contribution >= 0.6 is 23.2 Å². The lowest BCUT2D eigenvalue weighted by molar-refractivity contribution is -0.137. The predicted molar refractivity (Wildman–Crippen MR) is 145 cm³/mol. The Kier molecular flexibility index (Phi) is 6.99. The van der Waals surface area contributed by atoms with Gasteiger partial charge in [0.1, 0.15) is 0 Å². The van der Waals surface area contributed by atoms with Crippen molar-refractivity contribution in [2.24, 2.45) is 0 Å². The molecule has 2 amide bonds. The fourth-order valence-corrected chi connectivity index (χ4v) is 7.75. The lowest BCUT2D eigenvalue weighted by Crippen LogP contribution is -2.52. The molecular formula is C26H24Cl2F3N5O4S. The number of alkyl halides is 3.